The van der Waals surface area contributed by atoms with Crippen molar-refractivity contribution in [3.63, 3.8) is 0 Å². The number of hydrogen-bond donors (Lipinski definition) is 13. The lowest BCUT2D eigenvalue weighted by atomic mass is 9.95. The lowest BCUT2D eigenvalue weighted by molar-refractivity contribution is -0.383. The normalized spacial score (nSPS) is 49.4. The number of aliphatic hydroxyl groups excluding tert-OH is 12. The van der Waals surface area contributed by atoms with Crippen LogP contribution >= 0.6 is 0 Å². The van der Waals surface area contributed by atoms with Crippen molar-refractivity contribution in [1.82, 2.24) is 5.32 Å². The number of amides is 1. The van der Waals surface area contributed by atoms with Gasteiger partial charge in [0.15, 0.2) is 25.2 Å². The Balaban J connectivity index is 1.54. The Labute approximate surface area is 278 Å². The highest BCUT2D eigenvalue weighted by molar-refractivity contribution is 5.73. The third-order valence-electron chi connectivity index (χ3n) is 8.84. The number of nitrogens with one attached hydrogen (secondary N) is 1. The molecule has 0 saturated carbocycles. The van der Waals surface area contributed by atoms with Crippen LogP contribution in [0.2, 0.25) is 0 Å². The molecule has 20 atom stereocenters. The molecule has 4 aliphatic heterocycles. The first-order valence-corrected chi connectivity index (χ1v) is 15.5. The molecule has 0 spiro atoms. The van der Waals surface area contributed by atoms with E-state index in [2.05, 4.69) is 5.32 Å². The van der Waals surface area contributed by atoms with Gasteiger partial charge in [0.2, 0.25) is 5.91 Å². The van der Waals surface area contributed by atoms with Crippen LogP contribution in [0.1, 0.15) is 6.92 Å². The quantitative estimate of drug-likeness (QED) is 0.0889. The Bertz CT molecular complexity index is 1050. The van der Waals surface area contributed by atoms with Crippen LogP contribution in [-0.2, 0) is 42.7 Å². The van der Waals surface area contributed by atoms with Gasteiger partial charge in [-0.1, -0.05) is 0 Å². The molecule has 4 saturated heterocycles. The molecule has 4 rings (SSSR count). The summed E-state index contributed by atoms with van der Waals surface area (Å²) in [7, 11) is 1.19. The van der Waals surface area contributed by atoms with Gasteiger partial charge in [-0.05, 0) is 0 Å². The fourth-order valence-corrected chi connectivity index (χ4v) is 6.08. The highest BCUT2D eigenvalue weighted by Crippen LogP contribution is 2.33. The maximum atomic E-state index is 11.9. The molecule has 0 aromatic carbocycles. The molecular weight excluding hydrogens is 674 g/mol. The topological polar surface area (TPSA) is 346 Å². The average Bonchev–Trinajstić information content (AvgIpc) is 3.07. The summed E-state index contributed by atoms with van der Waals surface area (Å²) in [6.07, 6.45) is -32.1. The van der Waals surface area contributed by atoms with Crippen LogP contribution in [0.4, 0.5) is 0 Å². The van der Waals surface area contributed by atoms with Crippen LogP contribution in [0.15, 0.2) is 0 Å². The Kier molecular flexibility index (Phi) is 14.4. The van der Waals surface area contributed by atoms with Crippen molar-refractivity contribution in [2.45, 2.75) is 130 Å². The number of carbonyl (C=O) groups is 1. The molecule has 0 aromatic rings. The molecule has 4 fully saturated rings. The van der Waals surface area contributed by atoms with E-state index in [0.29, 0.717) is 0 Å². The second-order valence-electron chi connectivity index (χ2n) is 12.1. The van der Waals surface area contributed by atoms with Crippen molar-refractivity contribution < 1.29 is 104 Å². The minimum absolute atomic E-state index is 0.652. The fourth-order valence-electron chi connectivity index (χ4n) is 6.08. The van der Waals surface area contributed by atoms with Crippen LogP contribution < -0.4 is 5.32 Å². The highest BCUT2D eigenvalue weighted by Gasteiger charge is 2.54. The molecule has 13 N–H and O–H groups in total. The van der Waals surface area contributed by atoms with Crippen LogP contribution in [0.25, 0.3) is 0 Å². The number of rotatable bonds is 12. The van der Waals surface area contributed by atoms with Crippen molar-refractivity contribution in [2.75, 3.05) is 33.5 Å². The summed E-state index contributed by atoms with van der Waals surface area (Å²) in [5.74, 6) is -0.702. The Morgan fingerprint density at radius 2 is 1.08 bits per heavy atom. The maximum absolute atomic E-state index is 11.9. The second kappa shape index (κ2) is 17.5. The van der Waals surface area contributed by atoms with Gasteiger partial charge in [0.1, 0.15) is 97.6 Å². The van der Waals surface area contributed by atoms with E-state index in [0.717, 1.165) is 6.92 Å². The third kappa shape index (κ3) is 8.66. The van der Waals surface area contributed by atoms with Gasteiger partial charge in [-0.15, -0.1) is 0 Å². The number of methoxy groups -OCH3 is 1. The lowest BCUT2D eigenvalue weighted by Gasteiger charge is -2.49. The molecule has 0 radical (unpaired) electrons. The van der Waals surface area contributed by atoms with Gasteiger partial charge < -0.3 is 104 Å². The molecule has 0 aliphatic carbocycles. The summed E-state index contributed by atoms with van der Waals surface area (Å²) >= 11 is 0. The predicted molar refractivity (Wildman–Crippen MR) is 150 cm³/mol. The Morgan fingerprint density at radius 1 is 0.571 bits per heavy atom. The summed E-state index contributed by atoms with van der Waals surface area (Å²) in [4.78, 5) is 11.9. The maximum Gasteiger partial charge on any atom is 0.217 e. The molecule has 1 amide bonds. The van der Waals surface area contributed by atoms with Gasteiger partial charge >= 0.3 is 0 Å². The zero-order chi connectivity index (χ0) is 36.3. The first kappa shape index (κ1) is 40.4. The van der Waals surface area contributed by atoms with E-state index in [-0.39, 0.29) is 0 Å². The molecule has 0 aromatic heterocycles. The van der Waals surface area contributed by atoms with E-state index in [1.165, 1.54) is 7.11 Å². The van der Waals surface area contributed by atoms with E-state index in [9.17, 15) is 66.1 Å². The molecule has 22 heteroatoms. The standard InChI is InChI=1S/C27H47NO21/c1-7(32)28-12-17(37)13(33)8(3-29)45-25(12)49-23-18(38)14(34)9(4-30)47-27(23)48-22-16(36)11(44-24(41)19(22)39)6-43-26-20(40)21(42-2)15(35)10(5-31)46-26/h8-27,29-31,33-41H,3-6H2,1-2H3,(H,28,32)/t8-,9-,10-,11-,12-,13-,14-,15-,16-,17-,18+,19+,20+,21+,22+,23+,24?,25+,26+,27-/m1/s1. The summed E-state index contributed by atoms with van der Waals surface area (Å²) in [6, 6.07) is -1.51. The largest absolute Gasteiger partial charge is 0.394 e. The zero-order valence-corrected chi connectivity index (χ0v) is 26.4. The van der Waals surface area contributed by atoms with Gasteiger partial charge in [-0.3, -0.25) is 4.79 Å². The molecule has 1 unspecified atom stereocenters. The van der Waals surface area contributed by atoms with Crippen molar-refractivity contribution in [2.24, 2.45) is 0 Å². The van der Waals surface area contributed by atoms with Gasteiger partial charge in [-0.2, -0.15) is 0 Å². The van der Waals surface area contributed by atoms with Crippen LogP contribution in [0, 0.1) is 0 Å². The molecule has 22 nitrogen and oxygen atoms in total. The van der Waals surface area contributed by atoms with Gasteiger partial charge in [0, 0.05) is 14.0 Å². The minimum atomic E-state index is -2.04. The number of aliphatic hydroxyl groups is 12. The molecular formula is C27H47NO21. The molecule has 286 valence electrons. The first-order chi connectivity index (χ1) is 23.2. The van der Waals surface area contributed by atoms with E-state index in [1.54, 1.807) is 0 Å². The predicted octanol–water partition coefficient (Wildman–Crippen LogP) is -8.95. The van der Waals surface area contributed by atoms with Crippen molar-refractivity contribution in [1.29, 1.82) is 0 Å². The van der Waals surface area contributed by atoms with Gasteiger partial charge in [0.25, 0.3) is 0 Å². The van der Waals surface area contributed by atoms with Crippen molar-refractivity contribution >= 4 is 5.91 Å². The fraction of sp³-hybridized carbons (Fsp3) is 0.963. The smallest absolute Gasteiger partial charge is 0.217 e. The Morgan fingerprint density at radius 3 is 1.65 bits per heavy atom. The zero-order valence-electron chi connectivity index (χ0n) is 26.4. The van der Waals surface area contributed by atoms with Crippen molar-refractivity contribution in [3.05, 3.63) is 0 Å². The minimum Gasteiger partial charge on any atom is -0.394 e. The number of carbonyl (C=O) groups excluding carboxylic acids is 1. The molecule has 4 heterocycles. The molecule has 0 bridgehead atoms. The van der Waals surface area contributed by atoms with Crippen molar-refractivity contribution in [3.8, 4) is 0 Å². The van der Waals surface area contributed by atoms with Gasteiger partial charge in [0.05, 0.1) is 26.4 Å². The van der Waals surface area contributed by atoms with Crippen LogP contribution in [0.3, 0.4) is 0 Å². The monoisotopic (exact) mass is 721 g/mol. The summed E-state index contributed by atoms with van der Waals surface area (Å²) < 4.78 is 43.9. The van der Waals surface area contributed by atoms with E-state index < -0.39 is 155 Å². The SMILES string of the molecule is CO[C@@H]1[C@H](O)[C@@H](OC[C@H]2OC(O)[C@@H](O)[C@@H](O[C@H]3O[C@H](CO)[C@@H](O)[C@H](O)[C@@H]3O[C@@H]3O[C@H](CO)[C@@H](O)[C@H](O)[C@H]3NC(C)=O)[C@@H]2O)O[C@H](CO)[C@H]1O. The third-order valence-corrected chi connectivity index (χ3v) is 8.84. The Hall–Kier alpha value is -1.33. The summed E-state index contributed by atoms with van der Waals surface area (Å²) in [6.45, 7) is -1.93. The summed E-state index contributed by atoms with van der Waals surface area (Å²) in [5.41, 5.74) is 0. The molecule has 49 heavy (non-hydrogen) atoms. The number of hydrogen-bond acceptors (Lipinski definition) is 21. The average molecular weight is 722 g/mol. The first-order valence-electron chi connectivity index (χ1n) is 15.5. The molecule has 4 aliphatic rings. The summed E-state index contributed by atoms with van der Waals surface area (Å²) in [5, 5.41) is 127. The van der Waals surface area contributed by atoms with E-state index in [1.807, 2.05) is 0 Å². The van der Waals surface area contributed by atoms with Crippen LogP contribution in [0.5, 0.6) is 0 Å². The van der Waals surface area contributed by atoms with Crippen LogP contribution in [-0.4, -0.2) is 223 Å². The van der Waals surface area contributed by atoms with E-state index >= 15 is 0 Å². The highest BCUT2D eigenvalue weighted by atomic mass is 16.8. The van der Waals surface area contributed by atoms with E-state index in [4.69, 9.17) is 37.9 Å². The van der Waals surface area contributed by atoms with Gasteiger partial charge in [-0.25, -0.2) is 0 Å². The number of ether oxygens (including phenoxy) is 8. The second-order valence-corrected chi connectivity index (χ2v) is 12.1. The lowest BCUT2D eigenvalue weighted by Crippen LogP contribution is -2.68.